The van der Waals surface area contributed by atoms with Crippen LogP contribution in [0.4, 0.5) is 0 Å². The second-order valence-electron chi connectivity index (χ2n) is 7.92. The molecule has 0 fully saturated rings. The first-order chi connectivity index (χ1) is 17.0. The molecule has 1 aliphatic rings. The molecule has 0 radical (unpaired) electrons. The number of rotatable bonds is 5. The summed E-state index contributed by atoms with van der Waals surface area (Å²) in [6.07, 6.45) is 1.70. The molecule has 4 aromatic rings. The summed E-state index contributed by atoms with van der Waals surface area (Å²) in [6, 6.07) is 19.8. The summed E-state index contributed by atoms with van der Waals surface area (Å²) < 4.78 is 13.3. The monoisotopic (exact) mass is 504 g/mol. The van der Waals surface area contributed by atoms with Gasteiger partial charge in [0.1, 0.15) is 11.5 Å². The number of nitrogens with zero attached hydrogens (tertiary/aromatic N) is 2. The van der Waals surface area contributed by atoms with Gasteiger partial charge in [-0.05, 0) is 55.8 Å². The summed E-state index contributed by atoms with van der Waals surface area (Å²) in [7, 11) is 0. The third kappa shape index (κ3) is 4.40. The zero-order valence-electron chi connectivity index (χ0n) is 19.0. The Bertz CT molecular complexity index is 1610. The molecule has 2 aromatic heterocycles. The van der Waals surface area contributed by atoms with Crippen LogP contribution in [0, 0.1) is 0 Å². The van der Waals surface area contributed by atoms with Crippen molar-refractivity contribution in [3.05, 3.63) is 114 Å². The summed E-state index contributed by atoms with van der Waals surface area (Å²) >= 11 is 7.24. The molecule has 0 unspecified atom stereocenters. The van der Waals surface area contributed by atoms with Crippen molar-refractivity contribution in [3.63, 3.8) is 0 Å². The molecule has 0 saturated heterocycles. The summed E-state index contributed by atoms with van der Waals surface area (Å²) in [5.74, 6) is 0.733. The lowest BCUT2D eigenvalue weighted by Gasteiger charge is -2.24. The van der Waals surface area contributed by atoms with Crippen molar-refractivity contribution in [1.29, 1.82) is 0 Å². The van der Waals surface area contributed by atoms with E-state index >= 15 is 0 Å². The molecule has 3 heterocycles. The van der Waals surface area contributed by atoms with E-state index in [1.54, 1.807) is 36.6 Å². The van der Waals surface area contributed by atoms with Crippen molar-refractivity contribution in [3.8, 4) is 11.3 Å². The van der Waals surface area contributed by atoms with Crippen LogP contribution in [0.15, 0.2) is 92.2 Å². The molecule has 0 spiro atoms. The van der Waals surface area contributed by atoms with E-state index in [-0.39, 0.29) is 12.2 Å². The first-order valence-corrected chi connectivity index (χ1v) is 12.3. The first kappa shape index (κ1) is 23.1. The van der Waals surface area contributed by atoms with E-state index < -0.39 is 12.0 Å². The van der Waals surface area contributed by atoms with Crippen LogP contribution >= 0.6 is 22.9 Å². The summed E-state index contributed by atoms with van der Waals surface area (Å²) in [5.41, 5.74) is 2.34. The maximum absolute atomic E-state index is 13.6. The van der Waals surface area contributed by atoms with Crippen molar-refractivity contribution in [1.82, 2.24) is 4.57 Å². The predicted octanol–water partition coefficient (Wildman–Crippen LogP) is 4.71. The van der Waals surface area contributed by atoms with Crippen LogP contribution in [0.3, 0.4) is 0 Å². The van der Waals surface area contributed by atoms with Gasteiger partial charge in [-0.2, -0.15) is 0 Å². The number of esters is 1. The standard InChI is InChI=1S/C27H21ClN2O4S/c1-3-33-26(32)23-16(2)29-27-30(24(23)18-7-5-4-6-8-18)25(31)22(35-27)15-20-13-14-21(34-20)17-9-11-19(28)12-10-17/h4-15,24H,3H2,1-2H3/b22-15+/t24-/m1/s1. The number of ether oxygens (including phenoxy) is 1. The Morgan fingerprint density at radius 1 is 1.14 bits per heavy atom. The molecule has 0 aliphatic carbocycles. The van der Waals surface area contributed by atoms with Gasteiger partial charge >= 0.3 is 5.97 Å². The van der Waals surface area contributed by atoms with Crippen LogP contribution in [-0.4, -0.2) is 17.1 Å². The highest BCUT2D eigenvalue weighted by molar-refractivity contribution is 7.07. The Kier molecular flexibility index (Phi) is 6.28. The average Bonchev–Trinajstić information content (AvgIpc) is 3.44. The Balaban J connectivity index is 1.62. The van der Waals surface area contributed by atoms with Gasteiger partial charge < -0.3 is 9.15 Å². The molecule has 0 bridgehead atoms. The maximum atomic E-state index is 13.6. The number of fused-ring (bicyclic) bond motifs is 1. The average molecular weight is 505 g/mol. The molecule has 0 N–H and O–H groups in total. The molecular weight excluding hydrogens is 484 g/mol. The molecule has 1 atom stereocenters. The Morgan fingerprint density at radius 3 is 2.60 bits per heavy atom. The highest BCUT2D eigenvalue weighted by Gasteiger charge is 2.33. The van der Waals surface area contributed by atoms with Crippen molar-refractivity contribution in [2.75, 3.05) is 6.61 Å². The lowest BCUT2D eigenvalue weighted by atomic mass is 9.96. The van der Waals surface area contributed by atoms with Gasteiger partial charge in [0.15, 0.2) is 4.80 Å². The quantitative estimate of drug-likeness (QED) is 0.369. The number of aromatic nitrogens is 1. The van der Waals surface area contributed by atoms with Gasteiger partial charge in [-0.1, -0.05) is 53.3 Å². The molecule has 0 amide bonds. The molecule has 35 heavy (non-hydrogen) atoms. The Labute approximate surface area is 210 Å². The van der Waals surface area contributed by atoms with Gasteiger partial charge in [-0.15, -0.1) is 0 Å². The molecule has 8 heteroatoms. The van der Waals surface area contributed by atoms with Gasteiger partial charge in [0, 0.05) is 16.7 Å². The number of benzene rings is 2. The van der Waals surface area contributed by atoms with E-state index in [4.69, 9.17) is 20.8 Å². The lowest BCUT2D eigenvalue weighted by molar-refractivity contribution is -0.139. The number of carbonyl (C=O) groups excluding carboxylic acids is 1. The van der Waals surface area contributed by atoms with Gasteiger partial charge in [-0.3, -0.25) is 9.36 Å². The third-order valence-electron chi connectivity index (χ3n) is 5.66. The van der Waals surface area contributed by atoms with Gasteiger partial charge in [0.2, 0.25) is 0 Å². The fourth-order valence-corrected chi connectivity index (χ4v) is 5.22. The first-order valence-electron chi connectivity index (χ1n) is 11.1. The van der Waals surface area contributed by atoms with E-state index in [9.17, 15) is 9.59 Å². The minimum Gasteiger partial charge on any atom is -0.463 e. The minimum atomic E-state index is -0.630. The van der Waals surface area contributed by atoms with E-state index in [1.807, 2.05) is 54.6 Å². The highest BCUT2D eigenvalue weighted by Crippen LogP contribution is 2.30. The molecule has 176 valence electrons. The zero-order valence-corrected chi connectivity index (χ0v) is 20.6. The zero-order chi connectivity index (χ0) is 24.5. The molecular formula is C27H21ClN2O4S. The minimum absolute atomic E-state index is 0.232. The van der Waals surface area contributed by atoms with E-state index in [2.05, 4.69) is 4.99 Å². The van der Waals surface area contributed by atoms with Gasteiger partial charge in [-0.25, -0.2) is 9.79 Å². The number of furan rings is 1. The van der Waals surface area contributed by atoms with Crippen molar-refractivity contribution < 1.29 is 13.9 Å². The number of carbonyl (C=O) groups is 1. The van der Waals surface area contributed by atoms with E-state index in [0.717, 1.165) is 11.1 Å². The van der Waals surface area contributed by atoms with Crippen molar-refractivity contribution >= 4 is 35.0 Å². The van der Waals surface area contributed by atoms with Crippen LogP contribution in [-0.2, 0) is 9.53 Å². The van der Waals surface area contributed by atoms with Crippen LogP contribution < -0.4 is 14.9 Å². The SMILES string of the molecule is CCOC(=O)C1=C(C)N=c2s/c(=C/c3ccc(-c4ccc(Cl)cc4)o3)c(=O)n2[C@@H]1c1ccccc1. The second kappa shape index (κ2) is 9.52. The predicted molar refractivity (Wildman–Crippen MR) is 136 cm³/mol. The van der Waals surface area contributed by atoms with E-state index in [1.165, 1.54) is 11.3 Å². The van der Waals surface area contributed by atoms with Crippen molar-refractivity contribution in [2.45, 2.75) is 19.9 Å². The summed E-state index contributed by atoms with van der Waals surface area (Å²) in [4.78, 5) is 31.6. The van der Waals surface area contributed by atoms with Gasteiger partial charge in [0.25, 0.3) is 5.56 Å². The topological polar surface area (TPSA) is 73.8 Å². The normalized spacial score (nSPS) is 15.6. The second-order valence-corrected chi connectivity index (χ2v) is 9.37. The molecule has 0 saturated carbocycles. The maximum Gasteiger partial charge on any atom is 0.338 e. The number of thiazole rings is 1. The van der Waals surface area contributed by atoms with Crippen LogP contribution in [0.5, 0.6) is 0 Å². The molecule has 6 nitrogen and oxygen atoms in total. The highest BCUT2D eigenvalue weighted by atomic mass is 35.5. The molecule has 2 aromatic carbocycles. The fourth-order valence-electron chi connectivity index (χ4n) is 4.07. The third-order valence-corrected chi connectivity index (χ3v) is 6.90. The number of halogens is 1. The van der Waals surface area contributed by atoms with Crippen LogP contribution in [0.1, 0.15) is 31.2 Å². The van der Waals surface area contributed by atoms with Crippen LogP contribution in [0.2, 0.25) is 5.02 Å². The summed E-state index contributed by atoms with van der Waals surface area (Å²) in [6.45, 7) is 3.75. The molecule has 5 rings (SSSR count). The molecule has 1 aliphatic heterocycles. The summed E-state index contributed by atoms with van der Waals surface area (Å²) in [5, 5.41) is 0.645. The van der Waals surface area contributed by atoms with Gasteiger partial charge in [0.05, 0.1) is 28.5 Å². The Hall–Kier alpha value is -3.68. The smallest absolute Gasteiger partial charge is 0.338 e. The Morgan fingerprint density at radius 2 is 1.89 bits per heavy atom. The largest absolute Gasteiger partial charge is 0.463 e. The fraction of sp³-hybridized carbons (Fsp3) is 0.148. The van der Waals surface area contributed by atoms with E-state index in [0.29, 0.717) is 37.1 Å². The number of hydrogen-bond donors (Lipinski definition) is 0. The lowest BCUT2D eigenvalue weighted by Crippen LogP contribution is -2.39. The van der Waals surface area contributed by atoms with Crippen molar-refractivity contribution in [2.24, 2.45) is 4.99 Å². The van der Waals surface area contributed by atoms with Crippen LogP contribution in [0.25, 0.3) is 17.4 Å². The number of allylic oxidation sites excluding steroid dienone is 1. The number of hydrogen-bond acceptors (Lipinski definition) is 6.